The van der Waals surface area contributed by atoms with Crippen LogP contribution in [0.2, 0.25) is 0 Å². The topological polar surface area (TPSA) is 103 Å². The number of hydrogen-bond acceptors (Lipinski definition) is 7. The molecule has 2 aromatic rings. The van der Waals surface area contributed by atoms with Crippen LogP contribution in [0.3, 0.4) is 0 Å². The second-order valence-electron chi connectivity index (χ2n) is 21.8. The van der Waals surface area contributed by atoms with Crippen molar-refractivity contribution in [3.63, 3.8) is 0 Å². The van der Waals surface area contributed by atoms with E-state index < -0.39 is 0 Å². The molecule has 0 bridgehead atoms. The molecule has 1 aliphatic rings. The van der Waals surface area contributed by atoms with Gasteiger partial charge in [-0.2, -0.15) is 4.98 Å². The summed E-state index contributed by atoms with van der Waals surface area (Å²) in [5.74, 6) is 0.494. The molecule has 420 valence electrons. The van der Waals surface area contributed by atoms with Gasteiger partial charge >= 0.3 is 0 Å². The number of ether oxygens (including phenoxy) is 3. The van der Waals surface area contributed by atoms with Crippen LogP contribution in [0.15, 0.2) is 47.6 Å². The molecule has 0 unspecified atom stereocenters. The van der Waals surface area contributed by atoms with Crippen LogP contribution in [0.25, 0.3) is 11.2 Å². The summed E-state index contributed by atoms with van der Waals surface area (Å²) in [6, 6.07) is 0. The van der Waals surface area contributed by atoms with E-state index in [2.05, 4.69) is 72.5 Å². The number of aromatic amines is 1. The number of H-pyrrole nitrogens is 1. The zero-order valence-electron chi connectivity index (χ0n) is 48.0. The van der Waals surface area contributed by atoms with E-state index in [4.69, 9.17) is 19.2 Å². The molecule has 0 radical (unpaired) electrons. The Balaban J connectivity index is 1.37. The number of hydrogen-bond donors (Lipinski definition) is 2. The molecule has 1 fully saturated rings. The summed E-state index contributed by atoms with van der Waals surface area (Å²) in [6.07, 6.45) is 70.5. The Morgan fingerprint density at radius 3 is 1.40 bits per heavy atom. The molecule has 0 spiro atoms. The Bertz CT molecular complexity index is 1670. The maximum Gasteiger partial charge on any atom is 0.280 e. The van der Waals surface area contributed by atoms with Crippen molar-refractivity contribution in [2.75, 3.05) is 31.7 Å². The highest BCUT2D eigenvalue weighted by Gasteiger charge is 2.38. The van der Waals surface area contributed by atoms with Gasteiger partial charge in [0.15, 0.2) is 11.2 Å². The fraction of sp³-hybridized carbons (Fsp3) is 0.828. The lowest BCUT2D eigenvalue weighted by molar-refractivity contribution is -0.0764. The maximum absolute atomic E-state index is 13.2. The molecular weight excluding hydrogens is 903 g/mol. The molecule has 9 heteroatoms. The molecule has 0 amide bonds. The quantitative estimate of drug-likeness (QED) is 0.0502. The molecule has 0 aromatic carbocycles. The molecule has 1 saturated heterocycles. The van der Waals surface area contributed by atoms with Crippen molar-refractivity contribution in [1.82, 2.24) is 19.5 Å². The average Bonchev–Trinajstić information content (AvgIpc) is 4.02. The normalized spacial score (nSPS) is 16.2. The Labute approximate surface area is 449 Å². The lowest BCUT2D eigenvalue weighted by Gasteiger charge is -2.19. The van der Waals surface area contributed by atoms with Gasteiger partial charge in [0, 0.05) is 26.2 Å². The number of allylic oxidation sites excluding steroid dienone is 6. The number of unbranched alkanes of at least 4 members (excludes halogenated alkanes) is 36. The summed E-state index contributed by atoms with van der Waals surface area (Å²) >= 11 is 0. The average molecular weight is 1020 g/mol. The summed E-state index contributed by atoms with van der Waals surface area (Å²) in [4.78, 5) is 25.5. The third-order valence-electron chi connectivity index (χ3n) is 15.0. The number of nitrogens with one attached hydrogen (secondary N) is 2. The van der Waals surface area contributed by atoms with E-state index in [0.29, 0.717) is 30.1 Å². The van der Waals surface area contributed by atoms with Crippen molar-refractivity contribution >= 4 is 17.1 Å². The molecule has 2 N–H and O–H groups in total. The van der Waals surface area contributed by atoms with Crippen LogP contribution in [0.5, 0.6) is 0 Å². The monoisotopic (exact) mass is 1020 g/mol. The van der Waals surface area contributed by atoms with E-state index in [0.717, 1.165) is 39.0 Å². The standard InChI is InChI=1S/C64H115N5O4/c1-4-7-10-13-16-19-22-25-28-31-34-37-40-43-46-49-52-65-64-67-62-61(63(70)68-64)66-57-69(62)60-55-58(72-54-51-48-45-42-39-36-33-30-27-24-21-18-15-12-9-6-3)59(73-60)56-71-53-50-47-44-41-38-35-32-29-26-23-20-17-14-11-8-5-2/h25-30,57-60H,4-24,31-56H2,1-3H3,(H2,65,67,68,70)/t58-,59+,60+/m0/s1. The van der Waals surface area contributed by atoms with Crippen molar-refractivity contribution in [2.45, 2.75) is 315 Å². The molecule has 0 saturated carbocycles. The molecule has 3 rings (SSSR count). The number of anilines is 1. The van der Waals surface area contributed by atoms with E-state index in [1.807, 2.05) is 4.57 Å². The van der Waals surface area contributed by atoms with Gasteiger partial charge in [0.1, 0.15) is 12.3 Å². The fourth-order valence-corrected chi connectivity index (χ4v) is 10.2. The van der Waals surface area contributed by atoms with E-state index in [9.17, 15) is 4.79 Å². The predicted molar refractivity (Wildman–Crippen MR) is 314 cm³/mol. The van der Waals surface area contributed by atoms with Gasteiger partial charge in [-0.05, 0) is 96.3 Å². The summed E-state index contributed by atoms with van der Waals surface area (Å²) in [5, 5.41) is 3.39. The van der Waals surface area contributed by atoms with Crippen LogP contribution < -0.4 is 10.9 Å². The van der Waals surface area contributed by atoms with E-state index in [1.165, 1.54) is 250 Å². The van der Waals surface area contributed by atoms with Crippen LogP contribution in [0, 0.1) is 0 Å². The molecule has 9 nitrogen and oxygen atoms in total. The zero-order chi connectivity index (χ0) is 51.8. The molecule has 3 heterocycles. The predicted octanol–water partition coefficient (Wildman–Crippen LogP) is 19.3. The summed E-state index contributed by atoms with van der Waals surface area (Å²) in [5.41, 5.74) is 0.663. The Kier molecular flexibility index (Phi) is 42.2. The molecule has 1 aliphatic heterocycles. The molecule has 3 atom stereocenters. The van der Waals surface area contributed by atoms with Gasteiger partial charge in [0.25, 0.3) is 5.56 Å². The van der Waals surface area contributed by atoms with Crippen LogP contribution >= 0.6 is 0 Å². The van der Waals surface area contributed by atoms with E-state index in [-0.39, 0.29) is 24.0 Å². The first-order chi connectivity index (χ1) is 36.2. The molecule has 2 aromatic heterocycles. The number of nitrogens with zero attached hydrogens (tertiary/aromatic N) is 3. The molecule has 73 heavy (non-hydrogen) atoms. The number of rotatable bonds is 53. The van der Waals surface area contributed by atoms with Gasteiger partial charge in [0.05, 0.1) is 19.0 Å². The fourth-order valence-electron chi connectivity index (χ4n) is 10.2. The lowest BCUT2D eigenvalue weighted by atomic mass is 10.1. The smallest absolute Gasteiger partial charge is 0.280 e. The first-order valence-electron chi connectivity index (χ1n) is 31.7. The van der Waals surface area contributed by atoms with E-state index in [1.54, 1.807) is 6.33 Å². The Morgan fingerprint density at radius 1 is 0.548 bits per heavy atom. The summed E-state index contributed by atoms with van der Waals surface area (Å²) in [7, 11) is 0. The van der Waals surface area contributed by atoms with Gasteiger partial charge in [0.2, 0.25) is 5.95 Å². The summed E-state index contributed by atoms with van der Waals surface area (Å²) in [6.45, 7) is 9.59. The van der Waals surface area contributed by atoms with Crippen molar-refractivity contribution in [3.8, 4) is 0 Å². The van der Waals surface area contributed by atoms with Gasteiger partial charge in [-0.1, -0.05) is 231 Å². The third-order valence-corrected chi connectivity index (χ3v) is 15.0. The van der Waals surface area contributed by atoms with Crippen LogP contribution in [-0.2, 0) is 14.2 Å². The van der Waals surface area contributed by atoms with Crippen molar-refractivity contribution < 1.29 is 14.2 Å². The highest BCUT2D eigenvalue weighted by Crippen LogP contribution is 2.33. The lowest BCUT2D eigenvalue weighted by Crippen LogP contribution is -2.29. The van der Waals surface area contributed by atoms with Crippen molar-refractivity contribution in [1.29, 1.82) is 0 Å². The first-order valence-corrected chi connectivity index (χ1v) is 31.7. The van der Waals surface area contributed by atoms with Crippen LogP contribution in [0.1, 0.15) is 303 Å². The third kappa shape index (κ3) is 33.8. The first kappa shape index (κ1) is 64.5. The minimum atomic E-state index is -0.327. The summed E-state index contributed by atoms with van der Waals surface area (Å²) < 4.78 is 21.5. The highest BCUT2D eigenvalue weighted by atomic mass is 16.6. The van der Waals surface area contributed by atoms with Gasteiger partial charge in [-0.15, -0.1) is 0 Å². The second kappa shape index (κ2) is 47.7. The highest BCUT2D eigenvalue weighted by molar-refractivity contribution is 5.70. The van der Waals surface area contributed by atoms with Crippen molar-refractivity contribution in [3.05, 3.63) is 53.1 Å². The number of aromatic nitrogens is 4. The Hall–Kier alpha value is -2.75. The minimum absolute atomic E-state index is 0.0867. The number of imidazole rings is 1. The van der Waals surface area contributed by atoms with Crippen LogP contribution in [0.4, 0.5) is 5.95 Å². The second-order valence-corrected chi connectivity index (χ2v) is 21.8. The maximum atomic E-state index is 13.2. The Morgan fingerprint density at radius 2 is 0.945 bits per heavy atom. The van der Waals surface area contributed by atoms with E-state index >= 15 is 0 Å². The van der Waals surface area contributed by atoms with Gasteiger partial charge in [-0.3, -0.25) is 14.3 Å². The van der Waals surface area contributed by atoms with Gasteiger partial charge in [-0.25, -0.2) is 4.98 Å². The number of fused-ring (bicyclic) bond motifs is 1. The van der Waals surface area contributed by atoms with Gasteiger partial charge < -0.3 is 19.5 Å². The zero-order valence-corrected chi connectivity index (χ0v) is 48.0. The van der Waals surface area contributed by atoms with Crippen molar-refractivity contribution in [2.24, 2.45) is 0 Å². The molecule has 0 aliphatic carbocycles. The minimum Gasteiger partial charge on any atom is -0.379 e. The molecular formula is C64H115N5O4. The van der Waals surface area contributed by atoms with Crippen LogP contribution in [-0.4, -0.2) is 58.1 Å². The SMILES string of the molecule is CCCCCCCCC=CCCCCCCCCNc1nc2c(ncn2[C@H]2C[C@H](OCCCCCCCCC=CCCCCCCCC)[C@@H](COCCCCCCCCC=CCCCCCCCC)O2)c(=O)[nH]1. The largest absolute Gasteiger partial charge is 0.379 e.